The summed E-state index contributed by atoms with van der Waals surface area (Å²) in [5.74, 6) is 0.216. The first-order valence-electron chi connectivity index (χ1n) is 9.66. The van der Waals surface area contributed by atoms with Crippen LogP contribution in [0.3, 0.4) is 0 Å². The summed E-state index contributed by atoms with van der Waals surface area (Å²) >= 11 is 0. The molecular weight excluding hydrogens is 394 g/mol. The number of fused-ring (bicyclic) bond motifs is 1. The molecule has 2 N–H and O–H groups in total. The molecule has 0 spiro atoms. The summed E-state index contributed by atoms with van der Waals surface area (Å²) in [5.41, 5.74) is 3.22. The molecule has 0 bridgehead atoms. The van der Waals surface area contributed by atoms with Gasteiger partial charge in [0.15, 0.2) is 0 Å². The van der Waals surface area contributed by atoms with Crippen LogP contribution in [0.2, 0.25) is 0 Å². The van der Waals surface area contributed by atoms with E-state index < -0.39 is 0 Å². The maximum absolute atomic E-state index is 12.8. The van der Waals surface area contributed by atoms with Crippen LogP contribution < -0.4 is 15.4 Å². The fraction of sp³-hybridized carbons (Fsp3) is 0.130. The van der Waals surface area contributed by atoms with Crippen LogP contribution in [-0.4, -0.2) is 33.7 Å². The van der Waals surface area contributed by atoms with E-state index in [1.165, 1.54) is 10.9 Å². The van der Waals surface area contributed by atoms with E-state index in [-0.39, 0.29) is 18.4 Å². The van der Waals surface area contributed by atoms with Crippen LogP contribution in [0.1, 0.15) is 16.1 Å². The van der Waals surface area contributed by atoms with E-state index in [0.29, 0.717) is 22.7 Å². The average molecular weight is 415 g/mol. The summed E-state index contributed by atoms with van der Waals surface area (Å²) in [6.45, 7) is 1.86. The van der Waals surface area contributed by atoms with Gasteiger partial charge in [-0.05, 0) is 43.3 Å². The summed E-state index contributed by atoms with van der Waals surface area (Å²) in [7, 11) is 1.58. The van der Waals surface area contributed by atoms with Gasteiger partial charge in [-0.2, -0.15) is 5.10 Å². The molecule has 2 aromatic carbocycles. The van der Waals surface area contributed by atoms with Crippen molar-refractivity contribution in [1.82, 2.24) is 14.8 Å². The van der Waals surface area contributed by atoms with Crippen LogP contribution in [0.25, 0.3) is 10.9 Å². The number of hydrogen-bond acceptors (Lipinski definition) is 5. The third kappa shape index (κ3) is 4.69. The first kappa shape index (κ1) is 20.1. The molecule has 2 heterocycles. The summed E-state index contributed by atoms with van der Waals surface area (Å²) in [4.78, 5) is 29.6. The number of aromatic nitrogens is 3. The molecule has 0 fully saturated rings. The summed E-state index contributed by atoms with van der Waals surface area (Å²) in [6.07, 6.45) is 3.12. The van der Waals surface area contributed by atoms with E-state index in [1.807, 2.05) is 31.2 Å². The summed E-state index contributed by atoms with van der Waals surface area (Å²) < 4.78 is 6.56. The predicted octanol–water partition coefficient (Wildman–Crippen LogP) is 3.64. The van der Waals surface area contributed by atoms with Gasteiger partial charge >= 0.3 is 0 Å². The number of benzene rings is 2. The van der Waals surface area contributed by atoms with Gasteiger partial charge in [0.2, 0.25) is 5.91 Å². The highest BCUT2D eigenvalue weighted by atomic mass is 16.5. The number of ether oxygens (including phenoxy) is 1. The second-order valence-electron chi connectivity index (χ2n) is 6.99. The molecule has 0 aliphatic carbocycles. The molecule has 0 radical (unpaired) electrons. The molecule has 31 heavy (non-hydrogen) atoms. The van der Waals surface area contributed by atoms with Crippen molar-refractivity contribution in [2.75, 3.05) is 17.7 Å². The number of hydrogen-bond donors (Lipinski definition) is 2. The highest BCUT2D eigenvalue weighted by Gasteiger charge is 2.13. The lowest BCUT2D eigenvalue weighted by Crippen LogP contribution is -2.19. The zero-order chi connectivity index (χ0) is 21.8. The zero-order valence-electron chi connectivity index (χ0n) is 17.1. The van der Waals surface area contributed by atoms with Crippen molar-refractivity contribution < 1.29 is 14.3 Å². The number of para-hydroxylation sites is 1. The monoisotopic (exact) mass is 415 g/mol. The van der Waals surface area contributed by atoms with Crippen LogP contribution in [0, 0.1) is 6.92 Å². The molecule has 4 rings (SSSR count). The minimum Gasteiger partial charge on any atom is -0.497 e. The Balaban J connectivity index is 1.42. The Hall–Kier alpha value is -4.20. The molecule has 0 aliphatic rings. The van der Waals surface area contributed by atoms with Gasteiger partial charge in [0.25, 0.3) is 5.91 Å². The number of carbonyl (C=O) groups excluding carboxylic acids is 2. The third-order valence-corrected chi connectivity index (χ3v) is 4.66. The van der Waals surface area contributed by atoms with E-state index in [0.717, 1.165) is 16.6 Å². The topological polar surface area (TPSA) is 98.1 Å². The van der Waals surface area contributed by atoms with E-state index in [4.69, 9.17) is 4.74 Å². The van der Waals surface area contributed by atoms with Gasteiger partial charge in [-0.15, -0.1) is 0 Å². The van der Waals surface area contributed by atoms with Crippen molar-refractivity contribution in [3.05, 3.63) is 78.2 Å². The molecule has 156 valence electrons. The van der Waals surface area contributed by atoms with Gasteiger partial charge in [0.1, 0.15) is 12.3 Å². The molecule has 0 unspecified atom stereocenters. The Morgan fingerprint density at radius 1 is 1.03 bits per heavy atom. The molecular formula is C23H21N5O3. The highest BCUT2D eigenvalue weighted by Crippen LogP contribution is 2.20. The zero-order valence-corrected chi connectivity index (χ0v) is 17.1. The van der Waals surface area contributed by atoms with E-state index in [2.05, 4.69) is 20.7 Å². The van der Waals surface area contributed by atoms with Gasteiger partial charge in [-0.3, -0.25) is 19.3 Å². The largest absolute Gasteiger partial charge is 0.497 e. The first-order chi connectivity index (χ1) is 15.0. The molecule has 0 saturated carbocycles. The highest BCUT2D eigenvalue weighted by molar-refractivity contribution is 6.12. The smallest absolute Gasteiger partial charge is 0.256 e. The standard InChI is InChI=1S/C23H21N5O3/c1-15-11-20(19-5-3-4-6-21(19)25-15)23(30)27-17-12-24-28(13-17)14-22(29)26-16-7-9-18(31-2)10-8-16/h3-13H,14H2,1-2H3,(H,26,29)(H,27,30). The second-order valence-corrected chi connectivity index (χ2v) is 6.99. The van der Waals surface area contributed by atoms with Gasteiger partial charge in [-0.1, -0.05) is 18.2 Å². The number of anilines is 2. The fourth-order valence-corrected chi connectivity index (χ4v) is 3.23. The molecule has 4 aromatic rings. The van der Waals surface area contributed by atoms with Crippen LogP contribution >= 0.6 is 0 Å². The van der Waals surface area contributed by atoms with E-state index in [1.54, 1.807) is 43.6 Å². The number of pyridine rings is 1. The molecule has 0 saturated heterocycles. The van der Waals surface area contributed by atoms with Crippen LogP contribution in [-0.2, 0) is 11.3 Å². The number of nitrogens with zero attached hydrogens (tertiary/aromatic N) is 3. The lowest BCUT2D eigenvalue weighted by atomic mass is 10.1. The van der Waals surface area contributed by atoms with Gasteiger partial charge < -0.3 is 15.4 Å². The van der Waals surface area contributed by atoms with Crippen molar-refractivity contribution in [2.24, 2.45) is 0 Å². The van der Waals surface area contributed by atoms with Crippen LogP contribution in [0.5, 0.6) is 5.75 Å². The third-order valence-electron chi connectivity index (χ3n) is 4.66. The predicted molar refractivity (Wildman–Crippen MR) is 118 cm³/mol. The maximum Gasteiger partial charge on any atom is 0.256 e. The summed E-state index contributed by atoms with van der Waals surface area (Å²) in [5, 5.41) is 10.6. The Morgan fingerprint density at radius 3 is 2.58 bits per heavy atom. The average Bonchev–Trinajstić information content (AvgIpc) is 3.20. The van der Waals surface area contributed by atoms with Gasteiger partial charge in [0.05, 0.1) is 30.1 Å². The summed E-state index contributed by atoms with van der Waals surface area (Å²) in [6, 6.07) is 16.3. The lowest BCUT2D eigenvalue weighted by molar-refractivity contribution is -0.116. The van der Waals surface area contributed by atoms with Crippen molar-refractivity contribution in [2.45, 2.75) is 13.5 Å². The molecule has 8 nitrogen and oxygen atoms in total. The van der Waals surface area contributed by atoms with Gasteiger partial charge in [-0.25, -0.2) is 0 Å². The Labute approximate surface area is 178 Å². The number of nitrogens with one attached hydrogen (secondary N) is 2. The fourth-order valence-electron chi connectivity index (χ4n) is 3.23. The SMILES string of the molecule is COc1ccc(NC(=O)Cn2cc(NC(=O)c3cc(C)nc4ccccc34)cn2)cc1. The molecule has 0 atom stereocenters. The maximum atomic E-state index is 12.8. The molecule has 2 amide bonds. The lowest BCUT2D eigenvalue weighted by Gasteiger charge is -2.08. The van der Waals surface area contributed by atoms with Crippen LogP contribution in [0.15, 0.2) is 67.0 Å². The number of aryl methyl sites for hydroxylation is 1. The minimum atomic E-state index is -0.260. The van der Waals surface area contributed by atoms with E-state index >= 15 is 0 Å². The minimum absolute atomic E-state index is 0.0131. The van der Waals surface area contributed by atoms with Gasteiger partial charge in [0, 0.05) is 23.0 Å². The van der Waals surface area contributed by atoms with E-state index in [9.17, 15) is 9.59 Å². The van der Waals surface area contributed by atoms with Crippen molar-refractivity contribution in [1.29, 1.82) is 0 Å². The number of amides is 2. The first-order valence-corrected chi connectivity index (χ1v) is 9.66. The molecule has 0 aliphatic heterocycles. The Bertz CT molecular complexity index is 1250. The number of carbonyl (C=O) groups is 2. The van der Waals surface area contributed by atoms with Crippen molar-refractivity contribution in [3.63, 3.8) is 0 Å². The second kappa shape index (κ2) is 8.66. The molecule has 2 aromatic heterocycles. The Kier molecular flexibility index (Phi) is 5.61. The van der Waals surface area contributed by atoms with Crippen LogP contribution in [0.4, 0.5) is 11.4 Å². The Morgan fingerprint density at radius 2 is 1.81 bits per heavy atom. The normalized spacial score (nSPS) is 10.6. The quantitative estimate of drug-likeness (QED) is 0.501. The van der Waals surface area contributed by atoms with Crippen molar-refractivity contribution >= 4 is 34.1 Å². The number of rotatable bonds is 6. The van der Waals surface area contributed by atoms with Crippen molar-refractivity contribution in [3.8, 4) is 5.75 Å². The number of methoxy groups -OCH3 is 1. The molecule has 8 heteroatoms.